The molecular formula is C25H23ClF3N. The highest BCUT2D eigenvalue weighted by Crippen LogP contribution is 2.40. The van der Waals surface area contributed by atoms with Crippen molar-refractivity contribution in [2.75, 3.05) is 6.54 Å². The van der Waals surface area contributed by atoms with Crippen LogP contribution in [0.25, 0.3) is 11.1 Å². The third kappa shape index (κ3) is 4.26. The van der Waals surface area contributed by atoms with Gasteiger partial charge in [0.25, 0.3) is 0 Å². The molecule has 0 radical (unpaired) electrons. The molecule has 30 heavy (non-hydrogen) atoms. The van der Waals surface area contributed by atoms with Crippen molar-refractivity contribution in [1.29, 1.82) is 0 Å². The molecule has 1 aliphatic rings. The maximum atomic E-state index is 13.4. The quantitative estimate of drug-likeness (QED) is 0.425. The number of aryl methyl sites for hydroxylation is 2. The van der Waals surface area contributed by atoms with Crippen molar-refractivity contribution in [3.8, 4) is 11.1 Å². The van der Waals surface area contributed by atoms with Crippen LogP contribution in [0.15, 0.2) is 54.6 Å². The Balaban J connectivity index is 1.71. The van der Waals surface area contributed by atoms with Crippen molar-refractivity contribution in [2.45, 2.75) is 39.5 Å². The van der Waals surface area contributed by atoms with Crippen LogP contribution >= 0.6 is 11.6 Å². The van der Waals surface area contributed by atoms with Gasteiger partial charge >= 0.3 is 6.18 Å². The fourth-order valence-corrected chi connectivity index (χ4v) is 4.42. The Hall–Kier alpha value is -2.30. The molecule has 1 heterocycles. The van der Waals surface area contributed by atoms with Gasteiger partial charge in [0.05, 0.1) is 10.6 Å². The first-order valence-electron chi connectivity index (χ1n) is 9.99. The Bertz CT molecular complexity index is 1070. The third-order valence-corrected chi connectivity index (χ3v) is 6.11. The molecule has 1 aliphatic heterocycles. The van der Waals surface area contributed by atoms with Gasteiger partial charge in [-0.05, 0) is 65.8 Å². The average molecular weight is 430 g/mol. The summed E-state index contributed by atoms with van der Waals surface area (Å²) in [5.74, 6) is 0. The zero-order chi connectivity index (χ0) is 21.5. The Kier molecular flexibility index (Phi) is 5.65. The fourth-order valence-electron chi connectivity index (χ4n) is 4.19. The number of hydrogen-bond acceptors (Lipinski definition) is 1. The minimum absolute atomic E-state index is 0.269. The van der Waals surface area contributed by atoms with E-state index in [1.54, 1.807) is 6.07 Å². The van der Waals surface area contributed by atoms with Crippen LogP contribution in [0, 0.1) is 13.8 Å². The van der Waals surface area contributed by atoms with E-state index < -0.39 is 11.7 Å². The molecule has 1 nitrogen and oxygen atoms in total. The Morgan fingerprint density at radius 2 is 1.70 bits per heavy atom. The van der Waals surface area contributed by atoms with Gasteiger partial charge in [-0.2, -0.15) is 13.2 Å². The lowest BCUT2D eigenvalue weighted by atomic mass is 9.87. The molecule has 0 saturated carbocycles. The molecule has 0 N–H and O–H groups in total. The van der Waals surface area contributed by atoms with Crippen molar-refractivity contribution < 1.29 is 13.2 Å². The van der Waals surface area contributed by atoms with E-state index in [4.69, 9.17) is 11.6 Å². The highest BCUT2D eigenvalue weighted by molar-refractivity contribution is 6.31. The van der Waals surface area contributed by atoms with Gasteiger partial charge in [-0.25, -0.2) is 0 Å². The molecule has 156 valence electrons. The summed E-state index contributed by atoms with van der Waals surface area (Å²) in [7, 11) is 0. The zero-order valence-corrected chi connectivity index (χ0v) is 17.7. The number of rotatable bonds is 3. The average Bonchev–Trinajstić information content (AvgIpc) is 2.69. The summed E-state index contributed by atoms with van der Waals surface area (Å²) >= 11 is 5.85. The topological polar surface area (TPSA) is 3.24 Å². The van der Waals surface area contributed by atoms with E-state index >= 15 is 0 Å². The number of hydrogen-bond donors (Lipinski definition) is 0. The highest BCUT2D eigenvalue weighted by Gasteiger charge is 2.34. The highest BCUT2D eigenvalue weighted by atomic mass is 35.5. The number of fused-ring (bicyclic) bond motifs is 1. The van der Waals surface area contributed by atoms with E-state index in [9.17, 15) is 13.2 Å². The van der Waals surface area contributed by atoms with Crippen molar-refractivity contribution in [2.24, 2.45) is 0 Å². The first kappa shape index (κ1) is 21.0. The van der Waals surface area contributed by atoms with Crippen molar-refractivity contribution in [3.63, 3.8) is 0 Å². The maximum absolute atomic E-state index is 13.4. The van der Waals surface area contributed by atoms with Crippen LogP contribution in [0.5, 0.6) is 0 Å². The van der Waals surface area contributed by atoms with Crippen LogP contribution in [0.3, 0.4) is 0 Å². The molecular weight excluding hydrogens is 407 g/mol. The van der Waals surface area contributed by atoms with Crippen molar-refractivity contribution in [3.05, 3.63) is 93.0 Å². The normalized spacial score (nSPS) is 14.6. The van der Waals surface area contributed by atoms with Gasteiger partial charge in [-0.1, -0.05) is 59.6 Å². The van der Waals surface area contributed by atoms with Crippen LogP contribution in [0.2, 0.25) is 5.02 Å². The summed E-state index contributed by atoms with van der Waals surface area (Å²) in [5.41, 5.74) is 6.44. The van der Waals surface area contributed by atoms with Crippen LogP contribution in [0.4, 0.5) is 13.2 Å². The van der Waals surface area contributed by atoms with E-state index in [0.717, 1.165) is 36.2 Å². The van der Waals surface area contributed by atoms with Gasteiger partial charge in [0.1, 0.15) is 0 Å². The molecule has 0 saturated heterocycles. The lowest BCUT2D eigenvalue weighted by Gasteiger charge is -2.31. The molecule has 0 spiro atoms. The Morgan fingerprint density at radius 3 is 2.40 bits per heavy atom. The molecule has 3 aromatic carbocycles. The summed E-state index contributed by atoms with van der Waals surface area (Å²) in [5, 5.41) is -0.269. The number of alkyl halides is 3. The number of benzene rings is 3. The summed E-state index contributed by atoms with van der Waals surface area (Å²) in [4.78, 5) is 2.36. The van der Waals surface area contributed by atoms with E-state index in [1.807, 2.05) is 13.0 Å². The molecule has 0 atom stereocenters. The van der Waals surface area contributed by atoms with Gasteiger partial charge in [0, 0.05) is 19.6 Å². The minimum Gasteiger partial charge on any atom is -0.294 e. The van der Waals surface area contributed by atoms with Gasteiger partial charge in [-0.15, -0.1) is 0 Å². The molecule has 0 aromatic heterocycles. The summed E-state index contributed by atoms with van der Waals surface area (Å²) in [6.45, 7) is 6.48. The minimum atomic E-state index is -4.48. The molecule has 0 bridgehead atoms. The predicted molar refractivity (Wildman–Crippen MR) is 116 cm³/mol. The first-order chi connectivity index (χ1) is 14.2. The molecule has 3 aromatic rings. The lowest BCUT2D eigenvalue weighted by Crippen LogP contribution is -2.30. The molecule has 5 heteroatoms. The standard InChI is InChI=1S/C25H23ClF3N/c1-16-3-6-18(7-4-16)14-30-12-11-19-8-5-17(2)24(21(19)15-30)20-9-10-23(26)22(13-20)25(27,28)29/h3-10,13H,11-12,14-15H2,1-2H3. The van der Waals surface area contributed by atoms with Gasteiger partial charge in [-0.3, -0.25) is 4.90 Å². The van der Waals surface area contributed by atoms with Crippen molar-refractivity contribution >= 4 is 11.6 Å². The third-order valence-electron chi connectivity index (χ3n) is 5.78. The summed E-state index contributed by atoms with van der Waals surface area (Å²) in [6, 6.07) is 16.8. The van der Waals surface area contributed by atoms with E-state index in [2.05, 4.69) is 42.2 Å². The molecule has 0 aliphatic carbocycles. The van der Waals surface area contributed by atoms with Gasteiger partial charge in [0.15, 0.2) is 0 Å². The molecule has 0 amide bonds. The lowest BCUT2D eigenvalue weighted by molar-refractivity contribution is -0.137. The molecule has 0 fully saturated rings. The molecule has 4 rings (SSSR count). The Labute approximate surface area is 180 Å². The monoisotopic (exact) mass is 429 g/mol. The number of halogens is 4. The predicted octanol–water partition coefficient (Wildman–Crippen LogP) is 7.20. The van der Waals surface area contributed by atoms with Crippen LogP contribution < -0.4 is 0 Å². The Morgan fingerprint density at radius 1 is 0.967 bits per heavy atom. The fraction of sp³-hybridized carbons (Fsp3) is 0.280. The van der Waals surface area contributed by atoms with Crippen molar-refractivity contribution in [1.82, 2.24) is 4.90 Å². The van der Waals surface area contributed by atoms with E-state index in [1.165, 1.54) is 28.8 Å². The summed E-state index contributed by atoms with van der Waals surface area (Å²) < 4.78 is 40.3. The number of nitrogens with zero attached hydrogens (tertiary/aromatic N) is 1. The van der Waals surface area contributed by atoms with E-state index in [-0.39, 0.29) is 5.02 Å². The largest absolute Gasteiger partial charge is 0.417 e. The van der Waals surface area contributed by atoms with E-state index in [0.29, 0.717) is 12.1 Å². The second kappa shape index (κ2) is 8.09. The smallest absolute Gasteiger partial charge is 0.294 e. The van der Waals surface area contributed by atoms with Crippen LogP contribution in [-0.4, -0.2) is 11.4 Å². The first-order valence-corrected chi connectivity index (χ1v) is 10.4. The van der Waals surface area contributed by atoms with Gasteiger partial charge < -0.3 is 0 Å². The second-order valence-corrected chi connectivity index (χ2v) is 8.44. The maximum Gasteiger partial charge on any atom is 0.417 e. The summed E-state index contributed by atoms with van der Waals surface area (Å²) in [6.07, 6.45) is -3.60. The zero-order valence-electron chi connectivity index (χ0n) is 17.0. The van der Waals surface area contributed by atoms with Crippen LogP contribution in [-0.2, 0) is 25.7 Å². The molecule has 0 unspecified atom stereocenters. The van der Waals surface area contributed by atoms with Crippen LogP contribution in [0.1, 0.15) is 33.4 Å². The SMILES string of the molecule is Cc1ccc(CN2CCc3ccc(C)c(-c4ccc(Cl)c(C(F)(F)F)c4)c3C2)cc1. The second-order valence-electron chi connectivity index (χ2n) is 8.03. The van der Waals surface area contributed by atoms with Gasteiger partial charge in [0.2, 0.25) is 0 Å².